The van der Waals surface area contributed by atoms with E-state index in [1.807, 2.05) is 37.3 Å². The summed E-state index contributed by atoms with van der Waals surface area (Å²) < 4.78 is 15.9. The molecule has 0 bridgehead atoms. The highest BCUT2D eigenvalue weighted by molar-refractivity contribution is 6.61. The highest BCUT2D eigenvalue weighted by atomic mass is 28.4. The van der Waals surface area contributed by atoms with Crippen LogP contribution in [0.3, 0.4) is 0 Å². The van der Waals surface area contributed by atoms with Crippen LogP contribution in [0.2, 0.25) is 0 Å². The molecule has 0 unspecified atom stereocenters. The lowest BCUT2D eigenvalue weighted by atomic mass is 10.1. The van der Waals surface area contributed by atoms with Gasteiger partial charge in [0, 0.05) is 27.0 Å². The van der Waals surface area contributed by atoms with E-state index in [0.29, 0.717) is 6.17 Å². The topological polar surface area (TPSA) is 40.0 Å². The minimum absolute atomic E-state index is 0.428. The fourth-order valence-electron chi connectivity index (χ4n) is 1.43. The summed E-state index contributed by atoms with van der Waals surface area (Å²) in [5.74, 6) is 0. The van der Waals surface area contributed by atoms with E-state index in [4.69, 9.17) is 13.3 Å². The van der Waals surface area contributed by atoms with Gasteiger partial charge in [-0.2, -0.15) is 0 Å². The maximum atomic E-state index is 5.31. The molecule has 1 aromatic carbocycles. The van der Waals surface area contributed by atoms with Crippen LogP contribution >= 0.6 is 0 Å². The van der Waals surface area contributed by atoms with E-state index in [1.54, 1.807) is 21.3 Å². The summed E-state index contributed by atoms with van der Waals surface area (Å²) in [6, 6.07) is 10.0. The molecule has 0 radical (unpaired) electrons. The van der Waals surface area contributed by atoms with Gasteiger partial charge in [0.25, 0.3) is 0 Å². The molecule has 0 heterocycles. The first-order valence-corrected chi connectivity index (χ1v) is 7.32. The Balaban J connectivity index is 2.77. The minimum Gasteiger partial charge on any atom is -0.376 e. The van der Waals surface area contributed by atoms with Gasteiger partial charge >= 0.3 is 8.80 Å². The second kappa shape index (κ2) is 6.66. The summed E-state index contributed by atoms with van der Waals surface area (Å²) in [6.07, 6.45) is 0.428. The van der Waals surface area contributed by atoms with Crippen molar-refractivity contribution in [2.24, 2.45) is 4.99 Å². The summed E-state index contributed by atoms with van der Waals surface area (Å²) in [4.78, 5) is 4.48. The van der Waals surface area contributed by atoms with Gasteiger partial charge in [-0.3, -0.25) is 4.99 Å². The fourth-order valence-corrected chi connectivity index (χ4v) is 2.75. The quantitative estimate of drug-likeness (QED) is 0.574. The molecule has 0 aliphatic carbocycles. The smallest absolute Gasteiger partial charge is 0.376 e. The van der Waals surface area contributed by atoms with E-state index in [1.165, 1.54) is 0 Å². The number of nitrogens with zero attached hydrogens (tertiary/aromatic N) is 1. The molecule has 0 fully saturated rings. The summed E-state index contributed by atoms with van der Waals surface area (Å²) in [7, 11) is 2.17. The third-order valence-electron chi connectivity index (χ3n) is 2.63. The number of hydrogen-bond donors (Lipinski definition) is 0. The van der Waals surface area contributed by atoms with Crippen LogP contribution in [0.15, 0.2) is 35.3 Å². The second-order valence-electron chi connectivity index (χ2n) is 3.56. The van der Waals surface area contributed by atoms with E-state index in [9.17, 15) is 0 Å². The molecular weight excluding hydrogens is 234 g/mol. The number of benzene rings is 1. The summed E-state index contributed by atoms with van der Waals surface area (Å²) in [5.41, 5.74) is 2.05. The van der Waals surface area contributed by atoms with Gasteiger partial charge in [-0.1, -0.05) is 30.3 Å². The van der Waals surface area contributed by atoms with Crippen molar-refractivity contribution in [2.45, 2.75) is 6.92 Å². The SMILES string of the molecule is CO[Si](C/N=C(/C)c1ccccc1)(OC)OC. The molecule has 17 heavy (non-hydrogen) atoms. The standard InChI is InChI=1S/C12H19NO3Si/c1-11(12-8-6-5-7-9-12)13-10-17(14-2,15-3)16-4/h5-9H,10H2,1-4H3/b13-11-. The molecule has 1 rings (SSSR count). The Bertz CT molecular complexity index is 355. The molecule has 0 aromatic heterocycles. The fraction of sp³-hybridized carbons (Fsp3) is 0.417. The van der Waals surface area contributed by atoms with Crippen molar-refractivity contribution >= 4 is 14.5 Å². The molecule has 0 saturated carbocycles. The highest BCUT2D eigenvalue weighted by Gasteiger charge is 2.37. The van der Waals surface area contributed by atoms with Crippen molar-refractivity contribution in [2.75, 3.05) is 27.5 Å². The van der Waals surface area contributed by atoms with E-state index < -0.39 is 8.80 Å². The average molecular weight is 253 g/mol. The Morgan fingerprint density at radius 1 is 1.06 bits per heavy atom. The van der Waals surface area contributed by atoms with Crippen molar-refractivity contribution in [3.05, 3.63) is 35.9 Å². The third kappa shape index (κ3) is 3.74. The molecule has 4 nitrogen and oxygen atoms in total. The third-order valence-corrected chi connectivity index (χ3v) is 5.05. The van der Waals surface area contributed by atoms with Crippen LogP contribution < -0.4 is 0 Å². The van der Waals surface area contributed by atoms with Crippen LogP contribution in [0.5, 0.6) is 0 Å². The van der Waals surface area contributed by atoms with Gasteiger partial charge in [0.05, 0.1) is 0 Å². The minimum atomic E-state index is -2.60. The lowest BCUT2D eigenvalue weighted by molar-refractivity contribution is 0.125. The Kier molecular flexibility index (Phi) is 5.50. The van der Waals surface area contributed by atoms with Gasteiger partial charge in [0.2, 0.25) is 0 Å². The number of hydrogen-bond acceptors (Lipinski definition) is 4. The largest absolute Gasteiger partial charge is 0.522 e. The summed E-state index contributed by atoms with van der Waals surface area (Å²) in [6.45, 7) is 1.97. The molecule has 0 saturated heterocycles. The zero-order chi connectivity index (χ0) is 12.7. The summed E-state index contributed by atoms with van der Waals surface area (Å²) >= 11 is 0. The van der Waals surface area contributed by atoms with E-state index in [-0.39, 0.29) is 0 Å². The number of aliphatic imine (C=N–C) groups is 1. The molecule has 0 atom stereocenters. The van der Waals surface area contributed by atoms with Crippen LogP contribution in [0.25, 0.3) is 0 Å². The van der Waals surface area contributed by atoms with E-state index in [0.717, 1.165) is 11.3 Å². The highest BCUT2D eigenvalue weighted by Crippen LogP contribution is 2.08. The molecule has 94 valence electrons. The van der Waals surface area contributed by atoms with Crippen molar-refractivity contribution in [1.82, 2.24) is 0 Å². The molecule has 0 amide bonds. The first kappa shape index (κ1) is 14.0. The average Bonchev–Trinajstić information content (AvgIpc) is 2.41. The van der Waals surface area contributed by atoms with Crippen molar-refractivity contribution in [3.63, 3.8) is 0 Å². The zero-order valence-corrected chi connectivity index (χ0v) is 11.8. The Morgan fingerprint density at radius 2 is 1.59 bits per heavy atom. The molecule has 0 aliphatic rings. The van der Waals surface area contributed by atoms with E-state index >= 15 is 0 Å². The van der Waals surface area contributed by atoms with Gasteiger partial charge in [-0.05, 0) is 12.5 Å². The lowest BCUT2D eigenvalue weighted by Gasteiger charge is -2.22. The van der Waals surface area contributed by atoms with Crippen molar-refractivity contribution in [3.8, 4) is 0 Å². The Morgan fingerprint density at radius 3 is 2.06 bits per heavy atom. The molecular formula is C12H19NO3Si. The second-order valence-corrected chi connectivity index (χ2v) is 6.47. The zero-order valence-electron chi connectivity index (χ0n) is 10.8. The maximum Gasteiger partial charge on any atom is 0.522 e. The van der Waals surface area contributed by atoms with Crippen LogP contribution in [0.1, 0.15) is 12.5 Å². The molecule has 0 spiro atoms. The monoisotopic (exact) mass is 253 g/mol. The Labute approximate surface area is 104 Å². The summed E-state index contributed by atoms with van der Waals surface area (Å²) in [5, 5.41) is 0. The van der Waals surface area contributed by atoms with E-state index in [2.05, 4.69) is 4.99 Å². The predicted molar refractivity (Wildman–Crippen MR) is 70.3 cm³/mol. The Hall–Kier alpha value is -1.01. The first-order valence-electron chi connectivity index (χ1n) is 5.39. The van der Waals surface area contributed by atoms with Crippen LogP contribution in [-0.2, 0) is 13.3 Å². The van der Waals surface area contributed by atoms with Crippen LogP contribution in [0, 0.1) is 0 Å². The lowest BCUT2D eigenvalue weighted by Crippen LogP contribution is -2.46. The molecule has 0 N–H and O–H groups in total. The van der Waals surface area contributed by atoms with Gasteiger partial charge in [-0.15, -0.1) is 0 Å². The van der Waals surface area contributed by atoms with Gasteiger partial charge in [0.15, 0.2) is 0 Å². The molecule has 0 aliphatic heterocycles. The molecule has 5 heteroatoms. The van der Waals surface area contributed by atoms with Crippen molar-refractivity contribution < 1.29 is 13.3 Å². The normalized spacial score (nSPS) is 12.8. The van der Waals surface area contributed by atoms with Gasteiger partial charge in [-0.25, -0.2) is 0 Å². The molecule has 1 aromatic rings. The predicted octanol–water partition coefficient (Wildman–Crippen LogP) is 1.91. The number of rotatable bonds is 6. The van der Waals surface area contributed by atoms with Gasteiger partial charge in [0.1, 0.15) is 6.17 Å². The maximum absolute atomic E-state index is 5.31. The van der Waals surface area contributed by atoms with Crippen LogP contribution in [-0.4, -0.2) is 42.0 Å². The van der Waals surface area contributed by atoms with Crippen LogP contribution in [0.4, 0.5) is 0 Å². The van der Waals surface area contributed by atoms with Gasteiger partial charge < -0.3 is 13.3 Å². The van der Waals surface area contributed by atoms with Crippen molar-refractivity contribution in [1.29, 1.82) is 0 Å². The first-order chi connectivity index (χ1) is 8.17.